The lowest BCUT2D eigenvalue weighted by Crippen LogP contribution is -2.35. The fourth-order valence-corrected chi connectivity index (χ4v) is 2.78. The van der Waals surface area contributed by atoms with Crippen molar-refractivity contribution >= 4 is 5.91 Å². The number of aromatic hydroxyl groups is 1. The second-order valence-electron chi connectivity index (χ2n) is 5.32. The molecule has 3 rings (SSSR count). The molecule has 1 fully saturated rings. The summed E-state index contributed by atoms with van der Waals surface area (Å²) in [4.78, 5) is 18.3. The van der Waals surface area contributed by atoms with Gasteiger partial charge in [0.05, 0.1) is 11.6 Å². The molecule has 1 saturated heterocycles. The van der Waals surface area contributed by atoms with Gasteiger partial charge in [0.1, 0.15) is 11.6 Å². The molecule has 22 heavy (non-hydrogen) atoms. The number of nitrogens with zero attached hydrogens (tertiary/aromatic N) is 3. The third-order valence-corrected chi connectivity index (χ3v) is 3.87. The second-order valence-corrected chi connectivity index (χ2v) is 5.32. The predicted octanol–water partition coefficient (Wildman–Crippen LogP) is 2.67. The fraction of sp³-hybridized carbons (Fsp3) is 0.400. The van der Waals surface area contributed by atoms with Crippen molar-refractivity contribution in [2.75, 3.05) is 6.54 Å². The topological polar surface area (TPSA) is 79.5 Å². The van der Waals surface area contributed by atoms with Gasteiger partial charge in [0.2, 0.25) is 6.39 Å². The lowest BCUT2D eigenvalue weighted by Gasteiger charge is -2.28. The largest absolute Gasteiger partial charge is 0.508 e. The van der Waals surface area contributed by atoms with Gasteiger partial charge in [-0.2, -0.15) is 4.98 Å². The first-order valence-corrected chi connectivity index (χ1v) is 7.22. The van der Waals surface area contributed by atoms with Crippen LogP contribution in [-0.4, -0.2) is 32.6 Å². The molecule has 7 heteroatoms. The van der Waals surface area contributed by atoms with Crippen LogP contribution in [-0.2, 0) is 0 Å². The van der Waals surface area contributed by atoms with Crippen LogP contribution in [0.3, 0.4) is 0 Å². The van der Waals surface area contributed by atoms with Gasteiger partial charge >= 0.3 is 0 Å². The highest BCUT2D eigenvalue weighted by atomic mass is 19.1. The van der Waals surface area contributed by atoms with E-state index in [1.807, 2.05) is 0 Å². The summed E-state index contributed by atoms with van der Waals surface area (Å²) in [6, 6.07) is 3.22. The van der Waals surface area contributed by atoms with Crippen molar-refractivity contribution in [2.45, 2.75) is 31.7 Å². The number of hydrogen-bond donors (Lipinski definition) is 1. The SMILES string of the molecule is O=C(c1ccc(O)cc1F)N1CCCCC[C@H]1c1ncon1. The lowest BCUT2D eigenvalue weighted by atomic mass is 10.1. The Morgan fingerprint density at radius 3 is 2.95 bits per heavy atom. The van der Waals surface area contributed by atoms with Gasteiger partial charge in [0.25, 0.3) is 5.91 Å². The summed E-state index contributed by atoms with van der Waals surface area (Å²) in [6.07, 6.45) is 4.73. The van der Waals surface area contributed by atoms with E-state index in [1.54, 1.807) is 4.90 Å². The highest BCUT2D eigenvalue weighted by molar-refractivity contribution is 5.94. The molecule has 2 heterocycles. The molecule has 116 valence electrons. The zero-order chi connectivity index (χ0) is 15.5. The molecule has 0 unspecified atom stereocenters. The number of benzene rings is 1. The highest BCUT2D eigenvalue weighted by Gasteiger charge is 2.31. The average Bonchev–Trinajstić information content (AvgIpc) is 2.91. The number of carbonyl (C=O) groups is 1. The molecular formula is C15H16FN3O3. The maximum absolute atomic E-state index is 14.0. The molecule has 1 atom stereocenters. The highest BCUT2D eigenvalue weighted by Crippen LogP contribution is 2.30. The molecule has 1 amide bonds. The van der Waals surface area contributed by atoms with E-state index in [4.69, 9.17) is 4.52 Å². The summed E-state index contributed by atoms with van der Waals surface area (Å²) in [5.41, 5.74) is -0.0619. The Kier molecular flexibility index (Phi) is 4.04. The molecule has 0 aliphatic carbocycles. The van der Waals surface area contributed by atoms with Crippen LogP contribution in [0.25, 0.3) is 0 Å². The fourth-order valence-electron chi connectivity index (χ4n) is 2.78. The monoisotopic (exact) mass is 305 g/mol. The van der Waals surface area contributed by atoms with Crippen LogP contribution in [0.5, 0.6) is 5.75 Å². The Morgan fingerprint density at radius 1 is 1.36 bits per heavy atom. The van der Waals surface area contributed by atoms with Crippen LogP contribution >= 0.6 is 0 Å². The number of rotatable bonds is 2. The van der Waals surface area contributed by atoms with Crippen LogP contribution < -0.4 is 0 Å². The maximum atomic E-state index is 14.0. The number of likely N-dealkylation sites (tertiary alicyclic amines) is 1. The van der Waals surface area contributed by atoms with E-state index in [-0.39, 0.29) is 17.4 Å². The molecule has 2 aromatic rings. The molecule has 0 radical (unpaired) electrons. The summed E-state index contributed by atoms with van der Waals surface area (Å²) < 4.78 is 18.7. The minimum Gasteiger partial charge on any atom is -0.508 e. The number of amides is 1. The molecule has 1 aromatic carbocycles. The van der Waals surface area contributed by atoms with Crippen molar-refractivity contribution in [2.24, 2.45) is 0 Å². The van der Waals surface area contributed by atoms with Gasteiger partial charge in [0.15, 0.2) is 5.82 Å². The molecule has 0 saturated carbocycles. The van der Waals surface area contributed by atoms with Crippen LogP contribution in [0.15, 0.2) is 29.1 Å². The molecule has 1 aliphatic rings. The Balaban J connectivity index is 1.93. The summed E-state index contributed by atoms with van der Waals surface area (Å²) in [7, 11) is 0. The van der Waals surface area contributed by atoms with Crippen LogP contribution in [0.4, 0.5) is 4.39 Å². The second kappa shape index (κ2) is 6.13. The smallest absolute Gasteiger partial charge is 0.257 e. The Labute approximate surface area is 126 Å². The Hall–Kier alpha value is -2.44. The first-order valence-electron chi connectivity index (χ1n) is 7.22. The van der Waals surface area contributed by atoms with Gasteiger partial charge in [-0.1, -0.05) is 18.0 Å². The van der Waals surface area contributed by atoms with Crippen LogP contribution in [0, 0.1) is 5.82 Å². The van der Waals surface area contributed by atoms with E-state index in [0.717, 1.165) is 25.3 Å². The van der Waals surface area contributed by atoms with Crippen LogP contribution in [0.2, 0.25) is 0 Å². The van der Waals surface area contributed by atoms with Gasteiger partial charge < -0.3 is 14.5 Å². The minimum absolute atomic E-state index is 0.0619. The quantitative estimate of drug-likeness (QED) is 0.922. The Bertz CT molecular complexity index is 660. The summed E-state index contributed by atoms with van der Waals surface area (Å²) in [6.45, 7) is 0.512. The first kappa shape index (κ1) is 14.5. The van der Waals surface area contributed by atoms with E-state index in [2.05, 4.69) is 10.1 Å². The molecular weight excluding hydrogens is 289 g/mol. The zero-order valence-electron chi connectivity index (χ0n) is 11.9. The van der Waals surface area contributed by atoms with E-state index in [9.17, 15) is 14.3 Å². The molecule has 1 aromatic heterocycles. The zero-order valence-corrected chi connectivity index (χ0v) is 11.9. The van der Waals surface area contributed by atoms with Crippen molar-refractivity contribution < 1.29 is 18.8 Å². The number of phenols is 1. The standard InChI is InChI=1S/C15H16FN3O3/c16-12-8-10(20)5-6-11(12)15(21)19-7-3-1-2-4-13(19)14-17-9-22-18-14/h5-6,8-9,13,20H,1-4,7H2/t13-/m0/s1. The number of halogens is 1. The summed E-state index contributed by atoms with van der Waals surface area (Å²) in [5, 5.41) is 13.1. The predicted molar refractivity (Wildman–Crippen MR) is 74.6 cm³/mol. The van der Waals surface area contributed by atoms with Gasteiger partial charge in [-0.15, -0.1) is 0 Å². The van der Waals surface area contributed by atoms with Gasteiger partial charge in [-0.05, 0) is 25.0 Å². The third-order valence-electron chi connectivity index (χ3n) is 3.87. The van der Waals surface area contributed by atoms with Crippen molar-refractivity contribution in [3.63, 3.8) is 0 Å². The normalized spacial score (nSPS) is 19.0. The van der Waals surface area contributed by atoms with Crippen LogP contribution in [0.1, 0.15) is 47.9 Å². The number of hydrogen-bond acceptors (Lipinski definition) is 5. The Morgan fingerprint density at radius 2 is 2.23 bits per heavy atom. The van der Waals surface area contributed by atoms with E-state index >= 15 is 0 Å². The third kappa shape index (κ3) is 2.79. The van der Waals surface area contributed by atoms with Crippen molar-refractivity contribution in [3.05, 3.63) is 41.8 Å². The van der Waals surface area contributed by atoms with Gasteiger partial charge in [-0.25, -0.2) is 4.39 Å². The van der Waals surface area contributed by atoms with Gasteiger partial charge in [-0.3, -0.25) is 4.79 Å². The average molecular weight is 305 g/mol. The lowest BCUT2D eigenvalue weighted by molar-refractivity contribution is 0.0665. The summed E-state index contributed by atoms with van der Waals surface area (Å²) in [5.74, 6) is -0.927. The van der Waals surface area contributed by atoms with E-state index in [1.165, 1.54) is 18.5 Å². The van der Waals surface area contributed by atoms with Gasteiger partial charge in [0, 0.05) is 12.6 Å². The van der Waals surface area contributed by atoms with Crippen molar-refractivity contribution in [3.8, 4) is 5.75 Å². The van der Waals surface area contributed by atoms with E-state index < -0.39 is 11.7 Å². The van der Waals surface area contributed by atoms with Crippen molar-refractivity contribution in [1.82, 2.24) is 15.0 Å². The minimum atomic E-state index is -0.735. The number of carbonyl (C=O) groups excluding carboxylic acids is 1. The van der Waals surface area contributed by atoms with E-state index in [0.29, 0.717) is 18.8 Å². The molecule has 0 bridgehead atoms. The first-order chi connectivity index (χ1) is 10.7. The van der Waals surface area contributed by atoms with Crippen molar-refractivity contribution in [1.29, 1.82) is 0 Å². The molecule has 0 spiro atoms. The summed E-state index contributed by atoms with van der Waals surface area (Å²) >= 11 is 0. The molecule has 1 aliphatic heterocycles. The molecule has 6 nitrogen and oxygen atoms in total. The number of aromatic nitrogens is 2. The maximum Gasteiger partial charge on any atom is 0.257 e. The molecule has 1 N–H and O–H groups in total. The number of phenolic OH excluding ortho intramolecular Hbond substituents is 1.